The molecule has 0 aliphatic rings. The van der Waals surface area contributed by atoms with Gasteiger partial charge in [-0.1, -0.05) is 17.7 Å². The lowest BCUT2D eigenvalue weighted by Crippen LogP contribution is -2.29. The van der Waals surface area contributed by atoms with Crippen LogP contribution in [-0.4, -0.2) is 25.9 Å². The fourth-order valence-electron chi connectivity index (χ4n) is 3.48. The van der Waals surface area contributed by atoms with Gasteiger partial charge in [0, 0.05) is 23.9 Å². The Bertz CT molecular complexity index is 1170. The van der Waals surface area contributed by atoms with E-state index in [0.717, 1.165) is 28.3 Å². The van der Waals surface area contributed by atoms with E-state index >= 15 is 0 Å². The second-order valence-corrected chi connectivity index (χ2v) is 9.85. The molecule has 0 radical (unpaired) electrons. The van der Waals surface area contributed by atoms with Gasteiger partial charge in [0.15, 0.2) is 5.13 Å². The molecule has 0 spiro atoms. The predicted molar refractivity (Wildman–Crippen MR) is 118 cm³/mol. The molecule has 0 saturated carbocycles. The van der Waals surface area contributed by atoms with Crippen LogP contribution < -0.4 is 10.0 Å². The Morgan fingerprint density at radius 1 is 1.10 bits per heavy atom. The Labute approximate surface area is 180 Å². The normalized spacial score (nSPS) is 11.6. The van der Waals surface area contributed by atoms with Crippen LogP contribution in [-0.2, 0) is 14.8 Å². The molecule has 160 valence electrons. The van der Waals surface area contributed by atoms with E-state index in [0.29, 0.717) is 16.3 Å². The van der Waals surface area contributed by atoms with Crippen LogP contribution >= 0.6 is 11.3 Å². The topological polar surface area (TPSA) is 101 Å². The number of anilines is 1. The van der Waals surface area contributed by atoms with Crippen molar-refractivity contribution < 1.29 is 17.6 Å². The standard InChI is InChI=1S/C21H25N3O4S2/c1-12-8-13(2)20(14(3)9-12)30(26,27)22-7-6-19(25)24-21-23-18(11-29-21)17-10-15(4)28-16(17)5/h8-11,22H,6-7H2,1-5H3,(H,23,24,25). The number of nitrogens with one attached hydrogen (secondary N) is 2. The van der Waals surface area contributed by atoms with E-state index in [-0.39, 0.29) is 23.8 Å². The smallest absolute Gasteiger partial charge is 0.241 e. The summed E-state index contributed by atoms with van der Waals surface area (Å²) in [5.74, 6) is 1.26. The minimum Gasteiger partial charge on any atom is -0.466 e. The number of rotatable bonds is 7. The summed E-state index contributed by atoms with van der Waals surface area (Å²) in [7, 11) is -3.69. The van der Waals surface area contributed by atoms with E-state index < -0.39 is 10.0 Å². The summed E-state index contributed by atoms with van der Waals surface area (Å²) in [5, 5.41) is 5.02. The number of hydrogen-bond acceptors (Lipinski definition) is 6. The van der Waals surface area contributed by atoms with Crippen LogP contribution in [0.15, 0.2) is 32.9 Å². The van der Waals surface area contributed by atoms with Gasteiger partial charge in [0.05, 0.1) is 10.6 Å². The number of sulfonamides is 1. The van der Waals surface area contributed by atoms with E-state index in [1.54, 1.807) is 13.8 Å². The largest absolute Gasteiger partial charge is 0.466 e. The van der Waals surface area contributed by atoms with E-state index in [1.165, 1.54) is 11.3 Å². The molecule has 0 fully saturated rings. The second-order valence-electron chi connectivity index (χ2n) is 7.29. The van der Waals surface area contributed by atoms with Gasteiger partial charge in [0.1, 0.15) is 11.5 Å². The van der Waals surface area contributed by atoms with Crippen LogP contribution in [0, 0.1) is 34.6 Å². The first-order chi connectivity index (χ1) is 14.1. The summed E-state index contributed by atoms with van der Waals surface area (Å²) in [5.41, 5.74) is 4.00. The highest BCUT2D eigenvalue weighted by Gasteiger charge is 2.20. The number of carbonyl (C=O) groups is 1. The molecule has 2 aromatic heterocycles. The lowest BCUT2D eigenvalue weighted by atomic mass is 10.1. The zero-order chi connectivity index (χ0) is 22.1. The molecule has 7 nitrogen and oxygen atoms in total. The fraction of sp³-hybridized carbons (Fsp3) is 0.333. The maximum Gasteiger partial charge on any atom is 0.241 e. The number of thiazole rings is 1. The van der Waals surface area contributed by atoms with Crippen molar-refractivity contribution in [1.82, 2.24) is 9.71 Å². The maximum atomic E-state index is 12.7. The summed E-state index contributed by atoms with van der Waals surface area (Å²) in [4.78, 5) is 16.9. The van der Waals surface area contributed by atoms with Crippen LogP contribution in [0.5, 0.6) is 0 Å². The van der Waals surface area contributed by atoms with Crippen molar-refractivity contribution in [2.75, 3.05) is 11.9 Å². The van der Waals surface area contributed by atoms with Gasteiger partial charge in [-0.3, -0.25) is 4.79 Å². The van der Waals surface area contributed by atoms with Gasteiger partial charge in [0.25, 0.3) is 0 Å². The van der Waals surface area contributed by atoms with Crippen molar-refractivity contribution in [2.24, 2.45) is 0 Å². The Morgan fingerprint density at radius 3 is 2.37 bits per heavy atom. The summed E-state index contributed by atoms with van der Waals surface area (Å²) in [6.07, 6.45) is 0.00193. The molecule has 0 saturated heterocycles. The molecule has 0 bridgehead atoms. The van der Waals surface area contributed by atoms with Gasteiger partial charge >= 0.3 is 0 Å². The number of carbonyl (C=O) groups excluding carboxylic acids is 1. The van der Waals surface area contributed by atoms with E-state index in [1.807, 2.05) is 44.4 Å². The summed E-state index contributed by atoms with van der Waals surface area (Å²) < 4.78 is 33.3. The van der Waals surface area contributed by atoms with Crippen molar-refractivity contribution >= 4 is 32.4 Å². The number of hydrogen-bond donors (Lipinski definition) is 2. The molecule has 2 heterocycles. The predicted octanol–water partition coefficient (Wildman–Crippen LogP) is 4.25. The average Bonchev–Trinajstić information content (AvgIpc) is 3.19. The SMILES string of the molecule is Cc1cc(C)c(S(=O)(=O)NCCC(=O)Nc2nc(-c3cc(C)oc3C)cs2)c(C)c1. The van der Waals surface area contributed by atoms with Gasteiger partial charge in [-0.25, -0.2) is 18.1 Å². The molecule has 3 rings (SSSR count). The summed E-state index contributed by atoms with van der Waals surface area (Å²) >= 11 is 1.31. The summed E-state index contributed by atoms with van der Waals surface area (Å²) in [6.45, 7) is 9.19. The first-order valence-corrected chi connectivity index (χ1v) is 11.8. The Morgan fingerprint density at radius 2 is 1.77 bits per heavy atom. The molecular weight excluding hydrogens is 422 g/mol. The van der Waals surface area contributed by atoms with Crippen molar-refractivity contribution in [3.8, 4) is 11.3 Å². The highest BCUT2D eigenvalue weighted by Crippen LogP contribution is 2.29. The number of aryl methyl sites for hydroxylation is 5. The van der Waals surface area contributed by atoms with Crippen LogP contribution in [0.4, 0.5) is 5.13 Å². The average molecular weight is 448 g/mol. The second kappa shape index (κ2) is 8.71. The number of benzene rings is 1. The van der Waals surface area contributed by atoms with Gasteiger partial charge in [0.2, 0.25) is 15.9 Å². The zero-order valence-electron chi connectivity index (χ0n) is 17.6. The van der Waals surface area contributed by atoms with Crippen molar-refractivity contribution in [1.29, 1.82) is 0 Å². The first-order valence-electron chi connectivity index (χ1n) is 9.47. The zero-order valence-corrected chi connectivity index (χ0v) is 19.3. The number of nitrogens with zero attached hydrogens (tertiary/aromatic N) is 1. The van der Waals surface area contributed by atoms with E-state index in [9.17, 15) is 13.2 Å². The van der Waals surface area contributed by atoms with Crippen molar-refractivity contribution in [2.45, 2.75) is 45.9 Å². The van der Waals surface area contributed by atoms with E-state index in [4.69, 9.17) is 4.42 Å². The molecule has 0 atom stereocenters. The molecule has 2 N–H and O–H groups in total. The van der Waals surface area contributed by atoms with Crippen molar-refractivity contribution in [3.05, 3.63) is 51.8 Å². The fourth-order valence-corrected chi connectivity index (χ4v) is 5.69. The molecule has 0 unspecified atom stereocenters. The van der Waals surface area contributed by atoms with Crippen LogP contribution in [0.2, 0.25) is 0 Å². The minimum atomic E-state index is -3.69. The first kappa shape index (κ1) is 22.2. The molecule has 1 amide bonds. The molecular formula is C21H25N3O4S2. The van der Waals surface area contributed by atoms with Gasteiger partial charge in [-0.2, -0.15) is 0 Å². The maximum absolute atomic E-state index is 12.7. The van der Waals surface area contributed by atoms with E-state index in [2.05, 4.69) is 15.0 Å². The van der Waals surface area contributed by atoms with Crippen molar-refractivity contribution in [3.63, 3.8) is 0 Å². The third kappa shape index (κ3) is 4.97. The lowest BCUT2D eigenvalue weighted by Gasteiger charge is -2.13. The molecule has 0 aliphatic heterocycles. The van der Waals surface area contributed by atoms with Crippen LogP contribution in [0.1, 0.15) is 34.6 Å². The Hall–Kier alpha value is -2.49. The molecule has 1 aromatic carbocycles. The minimum absolute atomic E-state index is 0.000805. The third-order valence-electron chi connectivity index (χ3n) is 4.59. The number of furan rings is 1. The quantitative estimate of drug-likeness (QED) is 0.564. The van der Waals surface area contributed by atoms with Gasteiger partial charge in [-0.05, 0) is 51.8 Å². The molecule has 3 aromatic rings. The number of aromatic nitrogens is 1. The van der Waals surface area contributed by atoms with Gasteiger partial charge in [-0.15, -0.1) is 11.3 Å². The molecule has 30 heavy (non-hydrogen) atoms. The third-order valence-corrected chi connectivity index (χ3v) is 7.11. The monoisotopic (exact) mass is 447 g/mol. The highest BCUT2D eigenvalue weighted by molar-refractivity contribution is 7.89. The summed E-state index contributed by atoms with van der Waals surface area (Å²) in [6, 6.07) is 5.56. The molecule has 0 aliphatic carbocycles. The van der Waals surface area contributed by atoms with Gasteiger partial charge < -0.3 is 9.73 Å². The number of amides is 1. The highest BCUT2D eigenvalue weighted by atomic mass is 32.2. The Balaban J connectivity index is 1.59. The van der Waals surface area contributed by atoms with Crippen LogP contribution in [0.3, 0.4) is 0 Å². The van der Waals surface area contributed by atoms with Crippen LogP contribution in [0.25, 0.3) is 11.3 Å². The Kier molecular flexibility index (Phi) is 6.44. The lowest BCUT2D eigenvalue weighted by molar-refractivity contribution is -0.116. The molecule has 9 heteroatoms.